The summed E-state index contributed by atoms with van der Waals surface area (Å²) in [6.45, 7) is 0. The molecule has 1 aromatic carbocycles. The highest BCUT2D eigenvalue weighted by molar-refractivity contribution is 6.00. The van der Waals surface area contributed by atoms with Crippen molar-refractivity contribution in [3.05, 3.63) is 29.3 Å². The molecule has 1 aromatic rings. The summed E-state index contributed by atoms with van der Waals surface area (Å²) in [5.74, 6) is -1.02. The molecule has 0 heterocycles. The molecule has 0 aromatic heterocycles. The Bertz CT molecular complexity index is 522. The van der Waals surface area contributed by atoms with Gasteiger partial charge in [-0.2, -0.15) is 0 Å². The molecule has 1 rings (SSSR count). The summed E-state index contributed by atoms with van der Waals surface area (Å²) in [4.78, 5) is 21.9. The number of amides is 1. The van der Waals surface area contributed by atoms with Gasteiger partial charge >= 0.3 is 5.97 Å². The van der Waals surface area contributed by atoms with Crippen LogP contribution in [0.3, 0.4) is 0 Å². The Morgan fingerprint density at radius 3 is 2.47 bits per heavy atom. The predicted molar refractivity (Wildman–Crippen MR) is 69.0 cm³/mol. The van der Waals surface area contributed by atoms with Crippen molar-refractivity contribution in [2.45, 2.75) is 6.42 Å². The Balaban J connectivity index is 3.27. The summed E-state index contributed by atoms with van der Waals surface area (Å²) in [6.07, 6.45) is 0.938. The number of hydrogen-bond acceptors (Lipinski definition) is 4. The molecule has 102 valence electrons. The number of carbonyl (C=O) groups is 2. The molecule has 0 fully saturated rings. The lowest BCUT2D eigenvalue weighted by Crippen LogP contribution is -2.16. The number of carbonyl (C=O) groups excluding carboxylic acids is 1. The molecule has 0 saturated carbocycles. The van der Waals surface area contributed by atoms with E-state index >= 15 is 0 Å². The molecule has 0 aliphatic carbocycles. The maximum Gasteiger partial charge on any atom is 0.308 e. The van der Waals surface area contributed by atoms with E-state index in [0.29, 0.717) is 17.1 Å². The molecule has 3 N–H and O–H groups in total. The van der Waals surface area contributed by atoms with Crippen LogP contribution in [0.2, 0.25) is 0 Å². The number of para-hydroxylation sites is 1. The zero-order chi connectivity index (χ0) is 14.4. The molecular formula is C13H15NO5. The lowest BCUT2D eigenvalue weighted by Gasteiger charge is -2.10. The standard InChI is InChI=1S/C13H15NO5/c1-18-10-5-3-4-8(12(10)19-2)6-9(13(14)17)7-11(15)16/h3-6H,7H2,1-2H3,(H2,14,17)(H,15,16). The highest BCUT2D eigenvalue weighted by atomic mass is 16.5. The van der Waals surface area contributed by atoms with Crippen molar-refractivity contribution in [2.75, 3.05) is 14.2 Å². The second-order valence-electron chi connectivity index (χ2n) is 3.69. The summed E-state index contributed by atoms with van der Waals surface area (Å²) in [7, 11) is 2.94. The summed E-state index contributed by atoms with van der Waals surface area (Å²) in [5.41, 5.74) is 5.66. The number of benzene rings is 1. The number of hydrogen-bond donors (Lipinski definition) is 2. The average molecular weight is 265 g/mol. The van der Waals surface area contributed by atoms with Gasteiger partial charge in [0.25, 0.3) is 0 Å². The third kappa shape index (κ3) is 3.74. The summed E-state index contributed by atoms with van der Waals surface area (Å²) in [5, 5.41) is 8.73. The topological polar surface area (TPSA) is 98.9 Å². The van der Waals surface area contributed by atoms with Crippen LogP contribution in [-0.2, 0) is 9.59 Å². The van der Waals surface area contributed by atoms with E-state index in [4.69, 9.17) is 20.3 Å². The first kappa shape index (κ1) is 14.6. The van der Waals surface area contributed by atoms with Gasteiger partial charge in [0.05, 0.1) is 20.6 Å². The normalized spacial score (nSPS) is 10.9. The first-order chi connectivity index (χ1) is 8.99. The van der Waals surface area contributed by atoms with Gasteiger partial charge < -0.3 is 20.3 Å². The Morgan fingerprint density at radius 2 is 2.00 bits per heavy atom. The minimum absolute atomic E-state index is 0.0148. The number of carboxylic acid groups (broad SMARTS) is 1. The highest BCUT2D eigenvalue weighted by Gasteiger charge is 2.13. The zero-order valence-corrected chi connectivity index (χ0v) is 10.7. The van der Waals surface area contributed by atoms with E-state index in [1.807, 2.05) is 0 Å². The van der Waals surface area contributed by atoms with Crippen LogP contribution in [0.25, 0.3) is 6.08 Å². The van der Waals surface area contributed by atoms with Gasteiger partial charge in [-0.1, -0.05) is 12.1 Å². The first-order valence-electron chi connectivity index (χ1n) is 5.42. The lowest BCUT2D eigenvalue weighted by atomic mass is 10.1. The van der Waals surface area contributed by atoms with E-state index in [-0.39, 0.29) is 5.57 Å². The molecule has 0 aliphatic rings. The van der Waals surface area contributed by atoms with Crippen LogP contribution in [0.4, 0.5) is 0 Å². The van der Waals surface area contributed by atoms with Gasteiger partial charge in [0, 0.05) is 11.1 Å². The molecule has 0 radical (unpaired) electrons. The van der Waals surface area contributed by atoms with Crippen LogP contribution >= 0.6 is 0 Å². The van der Waals surface area contributed by atoms with E-state index in [1.165, 1.54) is 20.3 Å². The molecule has 1 amide bonds. The van der Waals surface area contributed by atoms with Crippen molar-refractivity contribution in [2.24, 2.45) is 5.73 Å². The van der Waals surface area contributed by atoms with Gasteiger partial charge in [-0.25, -0.2) is 0 Å². The van der Waals surface area contributed by atoms with E-state index in [1.54, 1.807) is 18.2 Å². The maximum atomic E-state index is 11.2. The molecule has 6 nitrogen and oxygen atoms in total. The van der Waals surface area contributed by atoms with Crippen molar-refractivity contribution in [3.63, 3.8) is 0 Å². The van der Waals surface area contributed by atoms with Gasteiger partial charge in [-0.15, -0.1) is 0 Å². The monoisotopic (exact) mass is 265 g/mol. The van der Waals surface area contributed by atoms with E-state index in [9.17, 15) is 9.59 Å². The number of methoxy groups -OCH3 is 2. The van der Waals surface area contributed by atoms with Crippen molar-refractivity contribution in [1.29, 1.82) is 0 Å². The first-order valence-corrected chi connectivity index (χ1v) is 5.42. The van der Waals surface area contributed by atoms with Gasteiger partial charge in [0.15, 0.2) is 11.5 Å². The second-order valence-corrected chi connectivity index (χ2v) is 3.69. The maximum absolute atomic E-state index is 11.2. The third-order valence-electron chi connectivity index (χ3n) is 2.42. The molecule has 0 atom stereocenters. The van der Waals surface area contributed by atoms with Crippen LogP contribution < -0.4 is 15.2 Å². The minimum Gasteiger partial charge on any atom is -0.493 e. The van der Waals surface area contributed by atoms with Crippen molar-refractivity contribution >= 4 is 18.0 Å². The minimum atomic E-state index is -1.13. The van der Waals surface area contributed by atoms with Crippen molar-refractivity contribution in [1.82, 2.24) is 0 Å². The second kappa shape index (κ2) is 6.44. The SMILES string of the molecule is COc1cccc(C=C(CC(=O)O)C(N)=O)c1OC. The molecule has 0 spiro atoms. The smallest absolute Gasteiger partial charge is 0.308 e. The predicted octanol–water partition coefficient (Wildman–Crippen LogP) is 1.05. The molecule has 0 aliphatic heterocycles. The largest absolute Gasteiger partial charge is 0.493 e. The Morgan fingerprint density at radius 1 is 1.32 bits per heavy atom. The summed E-state index contributed by atoms with van der Waals surface area (Å²) < 4.78 is 10.3. The fourth-order valence-electron chi connectivity index (χ4n) is 1.59. The van der Waals surface area contributed by atoms with E-state index in [0.717, 1.165) is 0 Å². The van der Waals surface area contributed by atoms with Gasteiger partial charge in [-0.3, -0.25) is 9.59 Å². The Kier molecular flexibility index (Phi) is 4.93. The van der Waals surface area contributed by atoms with Crippen LogP contribution in [0.5, 0.6) is 11.5 Å². The Hall–Kier alpha value is -2.50. The number of primary amides is 1. The van der Waals surface area contributed by atoms with Crippen LogP contribution in [0.1, 0.15) is 12.0 Å². The molecule has 6 heteroatoms. The van der Waals surface area contributed by atoms with Crippen LogP contribution in [0.15, 0.2) is 23.8 Å². The summed E-state index contributed by atoms with van der Waals surface area (Å²) in [6, 6.07) is 5.07. The van der Waals surface area contributed by atoms with Crippen molar-refractivity contribution < 1.29 is 24.2 Å². The number of rotatable bonds is 6. The van der Waals surface area contributed by atoms with Gasteiger partial charge in [0.2, 0.25) is 5.91 Å². The lowest BCUT2D eigenvalue weighted by molar-refractivity contribution is -0.136. The number of ether oxygens (including phenoxy) is 2. The molecule has 0 saturated heterocycles. The molecule has 0 bridgehead atoms. The quantitative estimate of drug-likeness (QED) is 0.749. The molecular weight excluding hydrogens is 250 g/mol. The highest BCUT2D eigenvalue weighted by Crippen LogP contribution is 2.32. The molecule has 19 heavy (non-hydrogen) atoms. The fraction of sp³-hybridized carbons (Fsp3) is 0.231. The van der Waals surface area contributed by atoms with E-state index in [2.05, 4.69) is 0 Å². The average Bonchev–Trinajstić information content (AvgIpc) is 2.36. The van der Waals surface area contributed by atoms with Crippen molar-refractivity contribution in [3.8, 4) is 11.5 Å². The number of carboxylic acids is 1. The fourth-order valence-corrected chi connectivity index (χ4v) is 1.59. The van der Waals surface area contributed by atoms with E-state index < -0.39 is 18.3 Å². The third-order valence-corrected chi connectivity index (χ3v) is 2.42. The Labute approximate surface area is 110 Å². The number of aliphatic carboxylic acids is 1. The zero-order valence-electron chi connectivity index (χ0n) is 10.7. The molecule has 0 unspecified atom stereocenters. The summed E-state index contributed by atoms with van der Waals surface area (Å²) >= 11 is 0. The number of nitrogens with two attached hydrogens (primary N) is 1. The van der Waals surface area contributed by atoms with Gasteiger partial charge in [-0.05, 0) is 12.1 Å². The van der Waals surface area contributed by atoms with Crippen LogP contribution in [0, 0.1) is 0 Å². The van der Waals surface area contributed by atoms with Crippen LogP contribution in [-0.4, -0.2) is 31.2 Å². The van der Waals surface area contributed by atoms with Gasteiger partial charge in [0.1, 0.15) is 0 Å².